The maximum absolute atomic E-state index is 13.3. The van der Waals surface area contributed by atoms with E-state index in [0.29, 0.717) is 17.2 Å². The van der Waals surface area contributed by atoms with Crippen LogP contribution in [-0.4, -0.2) is 13.4 Å². The maximum Gasteiger partial charge on any atom is 0.165 e. The van der Waals surface area contributed by atoms with Crippen LogP contribution in [-0.2, 0) is 0 Å². The summed E-state index contributed by atoms with van der Waals surface area (Å²) in [5, 5.41) is 2.26. The van der Waals surface area contributed by atoms with Gasteiger partial charge in [-0.15, -0.1) is 11.3 Å². The molecule has 0 aliphatic rings. The second kappa shape index (κ2) is 3.38. The minimum atomic E-state index is -0.443. The fraction of sp³-hybridized carbons (Fsp3) is 0.100. The van der Waals surface area contributed by atoms with Gasteiger partial charge in [-0.3, -0.25) is 4.79 Å². The highest BCUT2D eigenvalue weighted by atomic mass is 32.1. The van der Waals surface area contributed by atoms with E-state index >= 15 is 0 Å². The molecule has 4 heteroatoms. The van der Waals surface area contributed by atoms with E-state index in [-0.39, 0.29) is 5.75 Å². The van der Waals surface area contributed by atoms with Crippen LogP contribution in [0.15, 0.2) is 17.5 Å². The molecule has 0 aliphatic heterocycles. The third-order valence-corrected chi connectivity index (χ3v) is 2.97. The molecule has 2 aromatic rings. The molecule has 0 spiro atoms. The summed E-state index contributed by atoms with van der Waals surface area (Å²) in [7, 11) is 1.39. The molecule has 72 valence electrons. The lowest BCUT2D eigenvalue weighted by Gasteiger charge is -2.03. The van der Waals surface area contributed by atoms with Crippen molar-refractivity contribution >= 4 is 27.7 Å². The van der Waals surface area contributed by atoms with Gasteiger partial charge < -0.3 is 4.74 Å². The Balaban J connectivity index is 2.88. The molecule has 14 heavy (non-hydrogen) atoms. The smallest absolute Gasteiger partial charge is 0.165 e. The summed E-state index contributed by atoms with van der Waals surface area (Å²) in [6, 6.07) is 2.98. The maximum atomic E-state index is 13.3. The average Bonchev–Trinajstić information content (AvgIpc) is 2.61. The summed E-state index contributed by atoms with van der Waals surface area (Å²) in [6.07, 6.45) is 0.709. The van der Waals surface area contributed by atoms with Crippen LogP contribution in [0.4, 0.5) is 4.39 Å². The van der Waals surface area contributed by atoms with Crippen molar-refractivity contribution < 1.29 is 13.9 Å². The Morgan fingerprint density at radius 1 is 1.50 bits per heavy atom. The van der Waals surface area contributed by atoms with Gasteiger partial charge in [-0.1, -0.05) is 0 Å². The zero-order valence-corrected chi connectivity index (χ0v) is 8.23. The first kappa shape index (κ1) is 9.15. The number of rotatable bonds is 2. The van der Waals surface area contributed by atoms with E-state index in [4.69, 9.17) is 4.74 Å². The molecule has 0 unspecified atom stereocenters. The Morgan fingerprint density at radius 3 is 2.93 bits per heavy atom. The van der Waals surface area contributed by atoms with Crippen molar-refractivity contribution in [2.45, 2.75) is 0 Å². The summed E-state index contributed by atoms with van der Waals surface area (Å²) in [4.78, 5) is 10.7. The van der Waals surface area contributed by atoms with Crippen LogP contribution in [0.25, 0.3) is 10.1 Å². The number of carbonyl (C=O) groups is 1. The Bertz CT molecular complexity index is 490. The number of fused-ring (bicyclic) bond motifs is 1. The van der Waals surface area contributed by atoms with E-state index in [1.165, 1.54) is 24.5 Å². The largest absolute Gasteiger partial charge is 0.493 e. The first-order valence-corrected chi connectivity index (χ1v) is 4.84. The summed E-state index contributed by atoms with van der Waals surface area (Å²) in [5.41, 5.74) is 0.473. The second-order valence-corrected chi connectivity index (χ2v) is 3.67. The SMILES string of the molecule is COc1c(F)ccc2scc(C=O)c12. The van der Waals surface area contributed by atoms with Gasteiger partial charge in [-0.2, -0.15) is 0 Å². The number of thiophene rings is 1. The number of aldehydes is 1. The number of halogens is 1. The molecule has 0 amide bonds. The van der Waals surface area contributed by atoms with Crippen molar-refractivity contribution in [3.05, 3.63) is 28.9 Å². The Morgan fingerprint density at radius 2 is 2.29 bits per heavy atom. The van der Waals surface area contributed by atoms with Crippen molar-refractivity contribution in [1.82, 2.24) is 0 Å². The van der Waals surface area contributed by atoms with E-state index in [2.05, 4.69) is 0 Å². The topological polar surface area (TPSA) is 26.3 Å². The van der Waals surface area contributed by atoms with Crippen LogP contribution in [0, 0.1) is 5.82 Å². The molecule has 0 bridgehead atoms. The van der Waals surface area contributed by atoms with Crippen LogP contribution in [0.1, 0.15) is 10.4 Å². The van der Waals surface area contributed by atoms with Gasteiger partial charge in [-0.05, 0) is 12.1 Å². The monoisotopic (exact) mass is 210 g/mol. The van der Waals surface area contributed by atoms with E-state index < -0.39 is 5.82 Å². The predicted octanol–water partition coefficient (Wildman–Crippen LogP) is 2.86. The van der Waals surface area contributed by atoms with Crippen LogP contribution >= 0.6 is 11.3 Å². The molecule has 2 nitrogen and oxygen atoms in total. The molecule has 1 heterocycles. The van der Waals surface area contributed by atoms with Gasteiger partial charge >= 0.3 is 0 Å². The molecule has 0 N–H and O–H groups in total. The fourth-order valence-electron chi connectivity index (χ4n) is 1.38. The normalized spacial score (nSPS) is 10.4. The van der Waals surface area contributed by atoms with Gasteiger partial charge in [0.15, 0.2) is 17.9 Å². The zero-order chi connectivity index (χ0) is 10.1. The Labute approximate surface area is 83.9 Å². The van der Waals surface area contributed by atoms with Crippen molar-refractivity contribution in [1.29, 1.82) is 0 Å². The summed E-state index contributed by atoms with van der Waals surface area (Å²) < 4.78 is 19.1. The second-order valence-electron chi connectivity index (χ2n) is 2.76. The zero-order valence-electron chi connectivity index (χ0n) is 7.41. The van der Waals surface area contributed by atoms with E-state index in [0.717, 1.165) is 4.70 Å². The highest BCUT2D eigenvalue weighted by Gasteiger charge is 2.12. The van der Waals surface area contributed by atoms with Gasteiger partial charge in [0.1, 0.15) is 0 Å². The van der Waals surface area contributed by atoms with Gasteiger partial charge in [0.2, 0.25) is 0 Å². The van der Waals surface area contributed by atoms with E-state index in [9.17, 15) is 9.18 Å². The number of hydrogen-bond donors (Lipinski definition) is 0. The summed E-state index contributed by atoms with van der Waals surface area (Å²) in [6.45, 7) is 0. The quantitative estimate of drug-likeness (QED) is 0.712. The van der Waals surface area contributed by atoms with Crippen molar-refractivity contribution in [3.63, 3.8) is 0 Å². The molecule has 1 aromatic carbocycles. The van der Waals surface area contributed by atoms with Crippen molar-refractivity contribution in [3.8, 4) is 5.75 Å². The van der Waals surface area contributed by atoms with E-state index in [1.54, 1.807) is 11.4 Å². The number of methoxy groups -OCH3 is 1. The third-order valence-electron chi connectivity index (χ3n) is 2.00. The van der Waals surface area contributed by atoms with Crippen LogP contribution in [0.2, 0.25) is 0 Å². The lowest BCUT2D eigenvalue weighted by Crippen LogP contribution is -1.89. The molecule has 0 fully saturated rings. The van der Waals surface area contributed by atoms with Crippen LogP contribution in [0.3, 0.4) is 0 Å². The molecule has 1 aromatic heterocycles. The van der Waals surface area contributed by atoms with Crippen LogP contribution < -0.4 is 4.74 Å². The number of benzene rings is 1. The first-order valence-electron chi connectivity index (χ1n) is 3.96. The molecule has 0 saturated heterocycles. The number of ether oxygens (including phenoxy) is 1. The molecular weight excluding hydrogens is 203 g/mol. The predicted molar refractivity (Wildman–Crippen MR) is 53.7 cm³/mol. The highest BCUT2D eigenvalue weighted by molar-refractivity contribution is 7.17. The molecular formula is C10H7FO2S. The fourth-order valence-corrected chi connectivity index (χ4v) is 2.29. The number of hydrogen-bond acceptors (Lipinski definition) is 3. The average molecular weight is 210 g/mol. The van der Waals surface area contributed by atoms with Crippen molar-refractivity contribution in [2.75, 3.05) is 7.11 Å². The Kier molecular flexibility index (Phi) is 2.21. The number of carbonyl (C=O) groups excluding carboxylic acids is 1. The first-order chi connectivity index (χ1) is 6.77. The van der Waals surface area contributed by atoms with Gasteiger partial charge in [0, 0.05) is 21.0 Å². The minimum absolute atomic E-state index is 0.144. The highest BCUT2D eigenvalue weighted by Crippen LogP contribution is 2.34. The van der Waals surface area contributed by atoms with Gasteiger partial charge in [-0.25, -0.2) is 4.39 Å². The molecule has 0 saturated carbocycles. The molecule has 0 aliphatic carbocycles. The lowest BCUT2D eigenvalue weighted by molar-refractivity contribution is 0.112. The summed E-state index contributed by atoms with van der Waals surface area (Å²) in [5.74, 6) is -0.299. The molecule has 0 atom stereocenters. The summed E-state index contributed by atoms with van der Waals surface area (Å²) >= 11 is 1.40. The minimum Gasteiger partial charge on any atom is -0.493 e. The lowest BCUT2D eigenvalue weighted by atomic mass is 10.1. The third kappa shape index (κ3) is 1.19. The van der Waals surface area contributed by atoms with E-state index in [1.807, 2.05) is 0 Å². The van der Waals surface area contributed by atoms with Gasteiger partial charge in [0.05, 0.1) is 7.11 Å². The van der Waals surface area contributed by atoms with Gasteiger partial charge in [0.25, 0.3) is 0 Å². The van der Waals surface area contributed by atoms with Crippen molar-refractivity contribution in [2.24, 2.45) is 0 Å². The standard InChI is InChI=1S/C10H7FO2S/c1-13-10-7(11)2-3-8-9(10)6(4-12)5-14-8/h2-5H,1H3. The van der Waals surface area contributed by atoms with Crippen LogP contribution in [0.5, 0.6) is 5.75 Å². The molecule has 2 rings (SSSR count). The Hall–Kier alpha value is -1.42. The molecule has 0 radical (unpaired) electrons.